The Morgan fingerprint density at radius 3 is 3.21 bits per heavy atom. The van der Waals surface area contributed by atoms with Crippen molar-refractivity contribution in [3.63, 3.8) is 0 Å². The Morgan fingerprint density at radius 1 is 1.57 bits per heavy atom. The largest absolute Gasteiger partial charge is 0.261 e. The third kappa shape index (κ3) is 1.78. The van der Waals surface area contributed by atoms with E-state index in [-0.39, 0.29) is 0 Å². The molecule has 0 bridgehead atoms. The van der Waals surface area contributed by atoms with Crippen LogP contribution in [0.3, 0.4) is 0 Å². The van der Waals surface area contributed by atoms with Crippen LogP contribution in [0.25, 0.3) is 0 Å². The van der Waals surface area contributed by atoms with Gasteiger partial charge < -0.3 is 0 Å². The number of rotatable bonds is 2. The molecule has 2 atom stereocenters. The number of halogens is 1. The van der Waals surface area contributed by atoms with Crippen molar-refractivity contribution in [2.24, 2.45) is 0 Å². The Bertz CT molecular complexity index is 316. The summed E-state index contributed by atoms with van der Waals surface area (Å²) in [5.41, 5.74) is 1.80. The molecule has 0 aliphatic heterocycles. The van der Waals surface area contributed by atoms with Crippen molar-refractivity contribution in [1.29, 1.82) is 0 Å². The number of hydrogen-bond donors (Lipinski definition) is 0. The lowest BCUT2D eigenvalue weighted by Gasteiger charge is -2.25. The number of nitrogens with zero attached hydrogens (tertiary/aromatic N) is 1. The van der Waals surface area contributed by atoms with E-state index in [0.29, 0.717) is 12.3 Å². The molecule has 1 nitrogen and oxygen atoms in total. The van der Waals surface area contributed by atoms with Gasteiger partial charge in [0.1, 0.15) is 6.17 Å². The maximum Gasteiger partial charge on any atom is 0.127 e. The third-order valence-corrected chi connectivity index (χ3v) is 3.47. The molecule has 2 rings (SSSR count). The van der Waals surface area contributed by atoms with Gasteiger partial charge in [0.2, 0.25) is 0 Å². The highest BCUT2D eigenvalue weighted by atomic mass is 32.2. The monoisotopic (exact) mass is 211 g/mol. The molecule has 14 heavy (non-hydrogen) atoms. The molecule has 0 spiro atoms. The molecule has 1 aromatic heterocycles. The first-order valence-corrected chi connectivity index (χ1v) is 6.30. The zero-order chi connectivity index (χ0) is 9.97. The first-order chi connectivity index (χ1) is 6.83. The predicted molar refractivity (Wildman–Crippen MR) is 58.4 cm³/mol. The first-order valence-electron chi connectivity index (χ1n) is 4.90. The lowest BCUT2D eigenvalue weighted by atomic mass is 9.87. The summed E-state index contributed by atoms with van der Waals surface area (Å²) in [6, 6.07) is 3.70. The van der Waals surface area contributed by atoms with E-state index in [0.717, 1.165) is 23.4 Å². The summed E-state index contributed by atoms with van der Waals surface area (Å²) in [5.74, 6) is 1.50. The summed E-state index contributed by atoms with van der Waals surface area (Å²) < 4.78 is 13.5. The van der Waals surface area contributed by atoms with Crippen molar-refractivity contribution < 1.29 is 4.39 Å². The van der Waals surface area contributed by atoms with Gasteiger partial charge in [0.15, 0.2) is 0 Å². The van der Waals surface area contributed by atoms with E-state index in [4.69, 9.17) is 0 Å². The Morgan fingerprint density at radius 2 is 2.43 bits per heavy atom. The van der Waals surface area contributed by atoms with Gasteiger partial charge in [0.05, 0.1) is 5.69 Å². The highest BCUT2D eigenvalue weighted by molar-refractivity contribution is 7.98. The van der Waals surface area contributed by atoms with Gasteiger partial charge in [-0.2, -0.15) is 11.8 Å². The summed E-state index contributed by atoms with van der Waals surface area (Å²) in [6.45, 7) is 0. The Balaban J connectivity index is 2.31. The van der Waals surface area contributed by atoms with Crippen molar-refractivity contribution in [1.82, 2.24) is 4.98 Å². The van der Waals surface area contributed by atoms with Crippen molar-refractivity contribution in [3.8, 4) is 0 Å². The van der Waals surface area contributed by atoms with Gasteiger partial charge in [0.25, 0.3) is 0 Å². The van der Waals surface area contributed by atoms with Gasteiger partial charge in [-0.05, 0) is 25.2 Å². The summed E-state index contributed by atoms with van der Waals surface area (Å²) >= 11 is 1.81. The minimum Gasteiger partial charge on any atom is -0.261 e. The van der Waals surface area contributed by atoms with Gasteiger partial charge >= 0.3 is 0 Å². The van der Waals surface area contributed by atoms with Gasteiger partial charge in [-0.25, -0.2) is 4.39 Å². The van der Waals surface area contributed by atoms with Crippen LogP contribution in [0.5, 0.6) is 0 Å². The molecule has 1 aromatic rings. The van der Waals surface area contributed by atoms with Crippen LogP contribution in [0, 0.1) is 0 Å². The topological polar surface area (TPSA) is 12.9 Å². The first kappa shape index (κ1) is 9.97. The van der Waals surface area contributed by atoms with E-state index in [9.17, 15) is 4.39 Å². The predicted octanol–water partition coefficient (Wildman–Crippen LogP) is 3.33. The van der Waals surface area contributed by atoms with Crippen LogP contribution in [-0.2, 0) is 0 Å². The minimum absolute atomic E-state index is 0.452. The molecule has 0 aromatic carbocycles. The second-order valence-electron chi connectivity index (χ2n) is 3.68. The molecular formula is C11H14FNS. The number of thioether (sulfide) groups is 1. The highest BCUT2D eigenvalue weighted by Crippen LogP contribution is 2.39. The number of pyridine rings is 1. The molecule has 1 aliphatic rings. The van der Waals surface area contributed by atoms with Crippen LogP contribution in [0.1, 0.15) is 36.2 Å². The molecule has 76 valence electrons. The number of aromatic nitrogens is 1. The number of fused-ring (bicyclic) bond motifs is 1. The zero-order valence-electron chi connectivity index (χ0n) is 8.24. The molecule has 0 fully saturated rings. The standard InChI is InChI=1S/C11H14FNS/c1-14-7-8-4-5-10(12)9-3-2-6-13-11(8)9/h2-3,6,8,10H,4-5,7H2,1H3/t8-,10-/m0/s1. The number of hydrogen-bond acceptors (Lipinski definition) is 2. The van der Waals surface area contributed by atoms with Gasteiger partial charge in [-0.1, -0.05) is 6.07 Å². The molecule has 0 N–H and O–H groups in total. The Hall–Kier alpha value is -0.570. The van der Waals surface area contributed by atoms with Crippen molar-refractivity contribution in [2.45, 2.75) is 24.9 Å². The fourth-order valence-electron chi connectivity index (χ4n) is 2.04. The smallest absolute Gasteiger partial charge is 0.127 e. The molecular weight excluding hydrogens is 197 g/mol. The Labute approximate surface area is 88.1 Å². The maximum absolute atomic E-state index is 13.5. The highest BCUT2D eigenvalue weighted by Gasteiger charge is 2.27. The van der Waals surface area contributed by atoms with Crippen LogP contribution in [0.2, 0.25) is 0 Å². The minimum atomic E-state index is -0.795. The molecule has 0 radical (unpaired) electrons. The van der Waals surface area contributed by atoms with Crippen LogP contribution < -0.4 is 0 Å². The average molecular weight is 211 g/mol. The van der Waals surface area contributed by atoms with Gasteiger partial charge in [-0.15, -0.1) is 0 Å². The van der Waals surface area contributed by atoms with Crippen LogP contribution >= 0.6 is 11.8 Å². The quantitative estimate of drug-likeness (QED) is 0.744. The van der Waals surface area contributed by atoms with Crippen LogP contribution in [0.4, 0.5) is 4.39 Å². The second kappa shape index (κ2) is 4.30. The summed E-state index contributed by atoms with van der Waals surface area (Å²) in [6.07, 6.45) is 4.65. The van der Waals surface area contributed by atoms with E-state index in [1.165, 1.54) is 0 Å². The van der Waals surface area contributed by atoms with E-state index in [1.807, 2.05) is 23.9 Å². The molecule has 0 unspecified atom stereocenters. The summed E-state index contributed by atoms with van der Waals surface area (Å²) in [4.78, 5) is 4.32. The van der Waals surface area contributed by atoms with E-state index in [1.54, 1.807) is 6.20 Å². The normalized spacial score (nSPS) is 25.9. The molecule has 0 saturated carbocycles. The molecule has 1 aliphatic carbocycles. The van der Waals surface area contributed by atoms with Crippen molar-refractivity contribution in [2.75, 3.05) is 12.0 Å². The molecule has 0 amide bonds. The third-order valence-electron chi connectivity index (χ3n) is 2.73. The Kier molecular flexibility index (Phi) is 3.06. The van der Waals surface area contributed by atoms with Crippen molar-refractivity contribution in [3.05, 3.63) is 29.6 Å². The van der Waals surface area contributed by atoms with E-state index in [2.05, 4.69) is 11.2 Å². The molecule has 3 heteroatoms. The maximum atomic E-state index is 13.5. The van der Waals surface area contributed by atoms with Crippen LogP contribution in [0.15, 0.2) is 18.3 Å². The van der Waals surface area contributed by atoms with Crippen LogP contribution in [-0.4, -0.2) is 17.0 Å². The van der Waals surface area contributed by atoms with E-state index < -0.39 is 6.17 Å². The lowest BCUT2D eigenvalue weighted by Crippen LogP contribution is -2.15. The zero-order valence-corrected chi connectivity index (χ0v) is 9.06. The van der Waals surface area contributed by atoms with E-state index >= 15 is 0 Å². The van der Waals surface area contributed by atoms with Gasteiger partial charge in [0, 0.05) is 23.4 Å². The van der Waals surface area contributed by atoms with Gasteiger partial charge in [-0.3, -0.25) is 4.98 Å². The van der Waals surface area contributed by atoms with Crippen molar-refractivity contribution >= 4 is 11.8 Å². The summed E-state index contributed by atoms with van der Waals surface area (Å²) in [5, 5.41) is 0. The SMILES string of the molecule is CSC[C@@H]1CC[C@H](F)c2cccnc21. The molecule has 1 heterocycles. The number of alkyl halides is 1. The average Bonchev–Trinajstić information content (AvgIpc) is 2.23. The molecule has 0 saturated heterocycles. The fourth-order valence-corrected chi connectivity index (χ4v) is 2.77. The lowest BCUT2D eigenvalue weighted by molar-refractivity contribution is 0.289. The summed E-state index contributed by atoms with van der Waals surface area (Å²) in [7, 11) is 0. The fraction of sp³-hybridized carbons (Fsp3) is 0.545. The second-order valence-corrected chi connectivity index (χ2v) is 4.59.